The van der Waals surface area contributed by atoms with E-state index in [4.69, 9.17) is 4.74 Å². The minimum atomic E-state index is -0.540. The Morgan fingerprint density at radius 3 is 2.75 bits per heavy atom. The molecular weight excluding hydrogens is 256 g/mol. The van der Waals surface area contributed by atoms with Gasteiger partial charge in [0.05, 0.1) is 6.54 Å². The van der Waals surface area contributed by atoms with Crippen LogP contribution in [0.3, 0.4) is 0 Å². The first kappa shape index (κ1) is 14.4. The van der Waals surface area contributed by atoms with Gasteiger partial charge in [0.25, 0.3) is 0 Å². The van der Waals surface area contributed by atoms with Gasteiger partial charge in [-0.15, -0.1) is 0 Å². The van der Waals surface area contributed by atoms with Crippen molar-refractivity contribution < 1.29 is 14.3 Å². The van der Waals surface area contributed by atoms with Crippen molar-refractivity contribution >= 4 is 17.6 Å². The van der Waals surface area contributed by atoms with Gasteiger partial charge in [0.2, 0.25) is 5.91 Å². The molecule has 5 heteroatoms. The number of ether oxygens (including phenoxy) is 1. The topological polar surface area (TPSA) is 58.6 Å². The Morgan fingerprint density at radius 2 is 2.05 bits per heavy atom. The van der Waals surface area contributed by atoms with Crippen LogP contribution in [0.1, 0.15) is 26.3 Å². The summed E-state index contributed by atoms with van der Waals surface area (Å²) in [6.07, 6.45) is 0. The summed E-state index contributed by atoms with van der Waals surface area (Å²) in [6.45, 7) is 6.02. The van der Waals surface area contributed by atoms with Crippen LogP contribution < -0.4 is 5.32 Å². The highest BCUT2D eigenvalue weighted by molar-refractivity contribution is 5.86. The van der Waals surface area contributed by atoms with E-state index >= 15 is 0 Å². The zero-order valence-electron chi connectivity index (χ0n) is 12.1. The van der Waals surface area contributed by atoms with Gasteiger partial charge in [0, 0.05) is 12.2 Å². The molecule has 108 valence electrons. The number of anilines is 1. The highest BCUT2D eigenvalue weighted by Gasteiger charge is 2.24. The van der Waals surface area contributed by atoms with Crippen LogP contribution in [0.2, 0.25) is 0 Å². The van der Waals surface area contributed by atoms with Crippen LogP contribution in [0.5, 0.6) is 0 Å². The molecule has 5 nitrogen and oxygen atoms in total. The van der Waals surface area contributed by atoms with Crippen LogP contribution >= 0.6 is 0 Å². The molecule has 0 bridgehead atoms. The summed E-state index contributed by atoms with van der Waals surface area (Å²) in [5.41, 5.74) is 1.40. The fourth-order valence-corrected chi connectivity index (χ4v) is 2.08. The van der Waals surface area contributed by atoms with E-state index in [0.29, 0.717) is 6.54 Å². The predicted octanol–water partition coefficient (Wildman–Crippen LogP) is 1.78. The highest BCUT2D eigenvalue weighted by atomic mass is 16.6. The Hall–Kier alpha value is -2.04. The average Bonchev–Trinajstić information content (AvgIpc) is 2.48. The first-order chi connectivity index (χ1) is 9.35. The van der Waals surface area contributed by atoms with Gasteiger partial charge in [-0.3, -0.25) is 9.59 Å². The van der Waals surface area contributed by atoms with Gasteiger partial charge in [-0.05, 0) is 32.4 Å². The third-order valence-corrected chi connectivity index (χ3v) is 2.90. The minimum Gasteiger partial charge on any atom is -0.459 e. The third kappa shape index (κ3) is 3.73. The number of hydrogen-bond donors (Lipinski definition) is 1. The predicted molar refractivity (Wildman–Crippen MR) is 76.2 cm³/mol. The molecule has 0 atom stereocenters. The molecule has 1 aliphatic rings. The van der Waals surface area contributed by atoms with E-state index in [0.717, 1.165) is 11.3 Å². The van der Waals surface area contributed by atoms with Crippen molar-refractivity contribution in [3.63, 3.8) is 0 Å². The van der Waals surface area contributed by atoms with Crippen molar-refractivity contribution in [2.75, 3.05) is 18.4 Å². The standard InChI is InChI=1S/C15H20N2O3/c1-15(2,3)20-14(19)10-17-9-11-6-4-5-7-12(11)16-8-13(17)18/h4-7,16H,8-10H2,1-3H3. The van der Waals surface area contributed by atoms with E-state index in [2.05, 4.69) is 5.32 Å². The van der Waals surface area contributed by atoms with Gasteiger partial charge in [0.15, 0.2) is 0 Å². The number of carbonyl (C=O) groups is 2. The maximum absolute atomic E-state index is 12.0. The molecule has 1 heterocycles. The maximum atomic E-state index is 12.0. The van der Waals surface area contributed by atoms with Crippen molar-refractivity contribution in [1.82, 2.24) is 4.90 Å². The fraction of sp³-hybridized carbons (Fsp3) is 0.467. The Morgan fingerprint density at radius 1 is 1.35 bits per heavy atom. The smallest absolute Gasteiger partial charge is 0.326 e. The molecule has 1 N–H and O–H groups in total. The first-order valence-electron chi connectivity index (χ1n) is 6.66. The molecule has 2 rings (SSSR count). The van der Waals surface area contributed by atoms with Gasteiger partial charge in [-0.2, -0.15) is 0 Å². The quantitative estimate of drug-likeness (QED) is 0.837. The molecular formula is C15H20N2O3. The number of carbonyl (C=O) groups excluding carboxylic acids is 2. The Labute approximate surface area is 118 Å². The number of esters is 1. The first-order valence-corrected chi connectivity index (χ1v) is 6.66. The summed E-state index contributed by atoms with van der Waals surface area (Å²) in [5, 5.41) is 3.08. The number of hydrogen-bond acceptors (Lipinski definition) is 4. The molecule has 0 radical (unpaired) electrons. The molecule has 0 saturated carbocycles. The van der Waals surface area contributed by atoms with Crippen molar-refractivity contribution in [3.05, 3.63) is 29.8 Å². The van der Waals surface area contributed by atoms with E-state index in [1.54, 1.807) is 0 Å². The lowest BCUT2D eigenvalue weighted by Crippen LogP contribution is -2.39. The minimum absolute atomic E-state index is 0.0217. The SMILES string of the molecule is CC(C)(C)OC(=O)CN1Cc2ccccc2NCC1=O. The molecule has 0 aliphatic carbocycles. The number of nitrogens with one attached hydrogen (secondary N) is 1. The van der Waals surface area contributed by atoms with E-state index in [1.807, 2.05) is 45.0 Å². The summed E-state index contributed by atoms with van der Waals surface area (Å²) in [4.78, 5) is 25.4. The zero-order valence-corrected chi connectivity index (χ0v) is 12.1. The largest absolute Gasteiger partial charge is 0.459 e. The van der Waals surface area contributed by atoms with Crippen molar-refractivity contribution in [1.29, 1.82) is 0 Å². The lowest BCUT2D eigenvalue weighted by atomic mass is 10.1. The second-order valence-electron chi connectivity index (χ2n) is 5.85. The average molecular weight is 276 g/mol. The molecule has 0 saturated heterocycles. The summed E-state index contributed by atoms with van der Waals surface area (Å²) in [6, 6.07) is 7.71. The van der Waals surface area contributed by atoms with E-state index in [9.17, 15) is 9.59 Å². The van der Waals surface area contributed by atoms with Crippen LogP contribution in [-0.2, 0) is 20.9 Å². The molecule has 0 spiro atoms. The molecule has 1 aliphatic heterocycles. The van der Waals surface area contributed by atoms with Gasteiger partial charge < -0.3 is 15.0 Å². The van der Waals surface area contributed by atoms with E-state index < -0.39 is 5.60 Å². The second-order valence-corrected chi connectivity index (χ2v) is 5.85. The zero-order chi connectivity index (χ0) is 14.8. The lowest BCUT2D eigenvalue weighted by molar-refractivity contribution is -0.158. The second kappa shape index (κ2) is 5.53. The van der Waals surface area contributed by atoms with Crippen LogP contribution in [0.15, 0.2) is 24.3 Å². The molecule has 0 unspecified atom stereocenters. The molecule has 1 aromatic carbocycles. The summed E-state index contributed by atoms with van der Waals surface area (Å²) in [5.74, 6) is -0.489. The van der Waals surface area contributed by atoms with Crippen molar-refractivity contribution in [3.8, 4) is 0 Å². The van der Waals surface area contributed by atoms with Gasteiger partial charge in [-0.1, -0.05) is 18.2 Å². The monoisotopic (exact) mass is 276 g/mol. The van der Waals surface area contributed by atoms with Gasteiger partial charge in [0.1, 0.15) is 12.1 Å². The lowest BCUT2D eigenvalue weighted by Gasteiger charge is -2.24. The number of rotatable bonds is 2. The number of para-hydroxylation sites is 1. The molecule has 1 aromatic rings. The molecule has 1 amide bonds. The van der Waals surface area contributed by atoms with Gasteiger partial charge in [-0.25, -0.2) is 0 Å². The number of fused-ring (bicyclic) bond motifs is 1. The third-order valence-electron chi connectivity index (χ3n) is 2.90. The molecule has 20 heavy (non-hydrogen) atoms. The highest BCUT2D eigenvalue weighted by Crippen LogP contribution is 2.20. The van der Waals surface area contributed by atoms with Crippen molar-refractivity contribution in [2.24, 2.45) is 0 Å². The van der Waals surface area contributed by atoms with Crippen LogP contribution in [0, 0.1) is 0 Å². The number of amides is 1. The van der Waals surface area contributed by atoms with E-state index in [-0.39, 0.29) is 25.0 Å². The summed E-state index contributed by atoms with van der Waals surface area (Å²) in [7, 11) is 0. The fourth-order valence-electron chi connectivity index (χ4n) is 2.08. The maximum Gasteiger partial charge on any atom is 0.326 e. The van der Waals surface area contributed by atoms with Gasteiger partial charge >= 0.3 is 5.97 Å². The van der Waals surface area contributed by atoms with Crippen molar-refractivity contribution in [2.45, 2.75) is 32.9 Å². The van der Waals surface area contributed by atoms with Crippen LogP contribution in [0.4, 0.5) is 5.69 Å². The Balaban J connectivity index is 2.08. The normalized spacial score (nSPS) is 15.2. The van der Waals surface area contributed by atoms with Crippen LogP contribution in [-0.4, -0.2) is 35.5 Å². The molecule has 0 fully saturated rings. The Bertz CT molecular complexity index is 520. The Kier molecular flexibility index (Phi) is 3.97. The summed E-state index contributed by atoms with van der Waals surface area (Å²) >= 11 is 0. The molecule has 0 aromatic heterocycles. The number of nitrogens with zero attached hydrogens (tertiary/aromatic N) is 1. The van der Waals surface area contributed by atoms with E-state index in [1.165, 1.54) is 4.90 Å². The number of benzene rings is 1. The summed E-state index contributed by atoms with van der Waals surface area (Å²) < 4.78 is 5.26. The van der Waals surface area contributed by atoms with Crippen LogP contribution in [0.25, 0.3) is 0 Å².